The summed E-state index contributed by atoms with van der Waals surface area (Å²) in [6, 6.07) is 7.53. The Morgan fingerprint density at radius 3 is 2.39 bits per heavy atom. The molecule has 1 fully saturated rings. The van der Waals surface area contributed by atoms with E-state index in [9.17, 15) is 9.59 Å². The number of rotatable bonds is 4. The molecule has 1 aliphatic carbocycles. The quantitative estimate of drug-likeness (QED) is 0.834. The minimum Gasteiger partial charge on any atom is -0.465 e. The Labute approximate surface area is 136 Å². The van der Waals surface area contributed by atoms with Crippen LogP contribution in [0.4, 0.5) is 10.5 Å². The highest BCUT2D eigenvalue weighted by molar-refractivity contribution is 5.95. The Morgan fingerprint density at radius 2 is 1.78 bits per heavy atom. The van der Waals surface area contributed by atoms with E-state index in [2.05, 4.69) is 10.6 Å². The SMILES string of the molecule is COC(=O)c1ccccc1NC1CC(NC(=O)OC(C)(C)C)C1. The zero-order valence-corrected chi connectivity index (χ0v) is 14.0. The fraction of sp³-hybridized carbons (Fsp3) is 0.529. The maximum atomic E-state index is 11.7. The number of anilines is 1. The number of hydrogen-bond acceptors (Lipinski definition) is 5. The molecule has 23 heavy (non-hydrogen) atoms. The first-order chi connectivity index (χ1) is 10.8. The zero-order valence-electron chi connectivity index (χ0n) is 14.0. The molecular formula is C17H24N2O4. The van der Waals surface area contributed by atoms with E-state index < -0.39 is 11.7 Å². The number of para-hydroxylation sites is 1. The van der Waals surface area contributed by atoms with E-state index in [-0.39, 0.29) is 18.1 Å². The summed E-state index contributed by atoms with van der Waals surface area (Å²) in [5.41, 5.74) is 0.768. The van der Waals surface area contributed by atoms with Gasteiger partial charge in [0.2, 0.25) is 0 Å². The van der Waals surface area contributed by atoms with E-state index in [1.54, 1.807) is 12.1 Å². The summed E-state index contributed by atoms with van der Waals surface area (Å²) in [6.45, 7) is 5.50. The van der Waals surface area contributed by atoms with Crippen molar-refractivity contribution in [3.8, 4) is 0 Å². The highest BCUT2D eigenvalue weighted by atomic mass is 16.6. The summed E-state index contributed by atoms with van der Waals surface area (Å²) in [7, 11) is 1.36. The predicted octanol–water partition coefficient (Wildman–Crippen LogP) is 2.94. The van der Waals surface area contributed by atoms with Crippen molar-refractivity contribution in [3.05, 3.63) is 29.8 Å². The third-order valence-electron chi connectivity index (χ3n) is 3.55. The standard InChI is InChI=1S/C17H24N2O4/c1-17(2,3)23-16(21)19-12-9-11(10-12)18-14-8-6-5-7-13(14)15(20)22-4/h5-8,11-12,18H,9-10H2,1-4H3,(H,19,21). The third-order valence-corrected chi connectivity index (χ3v) is 3.55. The molecule has 0 unspecified atom stereocenters. The van der Waals surface area contributed by atoms with E-state index >= 15 is 0 Å². The molecule has 1 aliphatic rings. The number of alkyl carbamates (subject to hydrolysis) is 1. The Kier molecular flexibility index (Phi) is 5.13. The van der Waals surface area contributed by atoms with Crippen molar-refractivity contribution in [1.82, 2.24) is 5.32 Å². The van der Waals surface area contributed by atoms with Crippen LogP contribution in [0.1, 0.15) is 44.0 Å². The second kappa shape index (κ2) is 6.89. The lowest BCUT2D eigenvalue weighted by Crippen LogP contribution is -2.50. The molecule has 0 radical (unpaired) electrons. The molecule has 0 heterocycles. The van der Waals surface area contributed by atoms with Crippen molar-refractivity contribution in [1.29, 1.82) is 0 Å². The molecule has 1 aromatic carbocycles. The minimum atomic E-state index is -0.495. The Balaban J connectivity index is 1.83. The van der Waals surface area contributed by atoms with Gasteiger partial charge in [0.05, 0.1) is 12.7 Å². The lowest BCUT2D eigenvalue weighted by molar-refractivity contribution is 0.0475. The number of amides is 1. The van der Waals surface area contributed by atoms with Gasteiger partial charge in [-0.2, -0.15) is 0 Å². The maximum absolute atomic E-state index is 11.7. The van der Waals surface area contributed by atoms with Gasteiger partial charge in [0.15, 0.2) is 0 Å². The number of benzene rings is 1. The zero-order chi connectivity index (χ0) is 17.0. The van der Waals surface area contributed by atoms with E-state index in [0.717, 1.165) is 18.5 Å². The van der Waals surface area contributed by atoms with Crippen molar-refractivity contribution >= 4 is 17.7 Å². The van der Waals surface area contributed by atoms with Crippen LogP contribution in [0, 0.1) is 0 Å². The maximum Gasteiger partial charge on any atom is 0.407 e. The summed E-state index contributed by atoms with van der Waals surface area (Å²) in [6.07, 6.45) is 1.18. The van der Waals surface area contributed by atoms with Crippen LogP contribution in [0.5, 0.6) is 0 Å². The molecule has 0 bridgehead atoms. The van der Waals surface area contributed by atoms with Gasteiger partial charge in [0.25, 0.3) is 0 Å². The highest BCUT2D eigenvalue weighted by Crippen LogP contribution is 2.26. The predicted molar refractivity (Wildman–Crippen MR) is 87.6 cm³/mol. The first kappa shape index (κ1) is 17.1. The Hall–Kier alpha value is -2.24. The average Bonchev–Trinajstić information content (AvgIpc) is 2.42. The molecule has 0 saturated heterocycles. The monoisotopic (exact) mass is 320 g/mol. The first-order valence-corrected chi connectivity index (χ1v) is 7.72. The first-order valence-electron chi connectivity index (χ1n) is 7.72. The lowest BCUT2D eigenvalue weighted by atomic mass is 9.86. The summed E-state index contributed by atoms with van der Waals surface area (Å²) in [5.74, 6) is -0.365. The van der Waals surface area contributed by atoms with Crippen LogP contribution in [0.2, 0.25) is 0 Å². The molecule has 0 aromatic heterocycles. The highest BCUT2D eigenvalue weighted by Gasteiger charge is 2.32. The Morgan fingerprint density at radius 1 is 1.13 bits per heavy atom. The van der Waals surface area contributed by atoms with Gasteiger partial charge in [-0.05, 0) is 45.7 Å². The minimum absolute atomic E-state index is 0.0904. The van der Waals surface area contributed by atoms with Gasteiger partial charge in [0, 0.05) is 17.8 Å². The van der Waals surface area contributed by atoms with Crippen LogP contribution in [0.15, 0.2) is 24.3 Å². The summed E-state index contributed by atoms with van der Waals surface area (Å²) in [4.78, 5) is 23.4. The summed E-state index contributed by atoms with van der Waals surface area (Å²) >= 11 is 0. The van der Waals surface area contributed by atoms with Gasteiger partial charge in [-0.25, -0.2) is 9.59 Å². The van der Waals surface area contributed by atoms with Crippen LogP contribution in [-0.2, 0) is 9.47 Å². The van der Waals surface area contributed by atoms with Crippen LogP contribution in [-0.4, -0.2) is 36.9 Å². The fourth-order valence-corrected chi connectivity index (χ4v) is 2.44. The van der Waals surface area contributed by atoms with E-state index in [4.69, 9.17) is 9.47 Å². The normalized spacial score (nSPS) is 20.2. The van der Waals surface area contributed by atoms with Crippen molar-refractivity contribution in [3.63, 3.8) is 0 Å². The molecule has 126 valence electrons. The van der Waals surface area contributed by atoms with Crippen LogP contribution < -0.4 is 10.6 Å². The smallest absolute Gasteiger partial charge is 0.407 e. The second-order valence-corrected chi connectivity index (χ2v) is 6.69. The molecule has 1 aromatic rings. The number of ether oxygens (including phenoxy) is 2. The number of nitrogens with one attached hydrogen (secondary N) is 2. The van der Waals surface area contributed by atoms with Gasteiger partial charge < -0.3 is 20.1 Å². The van der Waals surface area contributed by atoms with E-state index in [0.29, 0.717) is 5.56 Å². The topological polar surface area (TPSA) is 76.7 Å². The molecular weight excluding hydrogens is 296 g/mol. The molecule has 0 spiro atoms. The van der Waals surface area contributed by atoms with E-state index in [1.165, 1.54) is 7.11 Å². The average molecular weight is 320 g/mol. The van der Waals surface area contributed by atoms with Gasteiger partial charge >= 0.3 is 12.1 Å². The van der Waals surface area contributed by atoms with Crippen molar-refractivity contribution in [2.45, 2.75) is 51.3 Å². The van der Waals surface area contributed by atoms with Gasteiger partial charge in [-0.1, -0.05) is 12.1 Å². The molecule has 6 nitrogen and oxygen atoms in total. The number of hydrogen-bond donors (Lipinski definition) is 2. The summed E-state index contributed by atoms with van der Waals surface area (Å²) < 4.78 is 10.0. The van der Waals surface area contributed by atoms with Crippen LogP contribution >= 0.6 is 0 Å². The number of carbonyl (C=O) groups excluding carboxylic acids is 2. The van der Waals surface area contributed by atoms with Gasteiger partial charge in [-0.15, -0.1) is 0 Å². The molecule has 6 heteroatoms. The fourth-order valence-electron chi connectivity index (χ4n) is 2.44. The van der Waals surface area contributed by atoms with Gasteiger partial charge in [-0.3, -0.25) is 0 Å². The number of esters is 1. The molecule has 1 saturated carbocycles. The number of carbonyl (C=O) groups is 2. The lowest BCUT2D eigenvalue weighted by Gasteiger charge is -2.37. The van der Waals surface area contributed by atoms with Crippen molar-refractivity contribution in [2.24, 2.45) is 0 Å². The molecule has 1 amide bonds. The molecule has 2 N–H and O–H groups in total. The van der Waals surface area contributed by atoms with Crippen molar-refractivity contribution in [2.75, 3.05) is 12.4 Å². The molecule has 0 aliphatic heterocycles. The second-order valence-electron chi connectivity index (χ2n) is 6.69. The number of methoxy groups -OCH3 is 1. The van der Waals surface area contributed by atoms with Crippen LogP contribution in [0.3, 0.4) is 0 Å². The molecule has 0 atom stereocenters. The Bertz CT molecular complexity index is 574. The van der Waals surface area contributed by atoms with Crippen molar-refractivity contribution < 1.29 is 19.1 Å². The summed E-state index contributed by atoms with van der Waals surface area (Å²) in [5, 5.41) is 6.17. The van der Waals surface area contributed by atoms with Gasteiger partial charge in [0.1, 0.15) is 5.60 Å². The molecule has 2 rings (SSSR count). The van der Waals surface area contributed by atoms with Crippen LogP contribution in [0.25, 0.3) is 0 Å². The van der Waals surface area contributed by atoms with E-state index in [1.807, 2.05) is 32.9 Å². The third kappa shape index (κ3) is 4.87. The largest absolute Gasteiger partial charge is 0.465 e.